The highest BCUT2D eigenvalue weighted by atomic mass is 35.5. The minimum Gasteiger partial charge on any atom is -0.361 e. The molecule has 14 aromatic heterocycles. The van der Waals surface area contributed by atoms with Crippen LogP contribution in [0, 0.1) is 33.5 Å². The smallest absolute Gasteiger partial charge is 0.263 e. The summed E-state index contributed by atoms with van der Waals surface area (Å²) in [6.45, 7) is 22.0. The molecule has 0 aliphatic heterocycles. The fraction of sp³-hybridized carbons (Fsp3) is 0.213. The number of fused-ring (bicyclic) bond motifs is 10. The lowest BCUT2D eigenvalue weighted by molar-refractivity contribution is 0.541. The summed E-state index contributed by atoms with van der Waals surface area (Å²) >= 11 is 6.32. The highest BCUT2D eigenvalue weighted by Crippen LogP contribution is 2.41. The second-order valence-electron chi connectivity index (χ2n) is 36.2. The van der Waals surface area contributed by atoms with Gasteiger partial charge in [-0.05, 0) is 236 Å². The molecule has 145 heavy (non-hydrogen) atoms. The molecule has 2 aliphatic carbocycles. The zero-order valence-electron chi connectivity index (χ0n) is 81.0. The Morgan fingerprint density at radius 1 is 0.324 bits per heavy atom. The molecule has 2 aliphatic rings. The maximum atomic E-state index is 13.6. The minimum absolute atomic E-state index is 0. The van der Waals surface area contributed by atoms with Gasteiger partial charge in [0.1, 0.15) is 65.3 Å². The number of hydrogen-bond acceptors (Lipinski definition) is 24. The van der Waals surface area contributed by atoms with E-state index in [2.05, 4.69) is 141 Å². The predicted molar refractivity (Wildman–Crippen MR) is 582 cm³/mol. The number of nitrogens with zero attached hydrogens (tertiary/aromatic N) is 19. The van der Waals surface area contributed by atoms with Crippen LogP contribution in [0.3, 0.4) is 0 Å². The number of benzene rings is 8. The Balaban J connectivity index is 0.000000119. The van der Waals surface area contributed by atoms with Crippen LogP contribution in [-0.2, 0) is 0 Å². The van der Waals surface area contributed by atoms with Crippen LogP contribution in [0.5, 0.6) is 0 Å². The van der Waals surface area contributed by atoms with E-state index in [9.17, 15) is 28.4 Å². The number of aryl methyl sites for hydroxylation is 4. The van der Waals surface area contributed by atoms with Gasteiger partial charge in [0.25, 0.3) is 27.8 Å². The number of aromatic nitrogens is 23. The van der Waals surface area contributed by atoms with Gasteiger partial charge >= 0.3 is 0 Å². The Morgan fingerprint density at radius 2 is 0.641 bits per heavy atom. The number of hydrogen-bond donors (Lipinski definition) is 9. The van der Waals surface area contributed by atoms with E-state index in [4.69, 9.17) is 11.6 Å². The SMILES string of the molecule is C[C@H](Nc1ncnc2nc[nH]c12)c1cc2cccc(Cl)c2c(=O)n1C1CC1.Cc1cccc2cc([C@H](C)Nc3ncnc4ccccc34)n(-c3ccccc3)c(=O)c12.Cc1cccc2cc([C@H](C)Nc3ncnc4nc[nH]c34)n(-c3ccc(F)cc3)c(=O)c12.Cc1cccc2cc([C@H](C)Nc3ncnc4nc[nH]c34)n(C(C)C)c(=O)c12.Cc1cccc2cc([C@H](C)Nc3ncnc4nc[nH]c34)n(C3CC3)c(=O)c12.S.S. The number of halogens is 2. The molecule has 14 heterocycles. The molecular formula is C108H104ClFN28O5S2. The number of rotatable bonds is 20. The summed E-state index contributed by atoms with van der Waals surface area (Å²) in [5, 5.41) is 26.7. The lowest BCUT2D eigenvalue weighted by atomic mass is 10.0. The number of imidazole rings is 4. The topological polar surface area (TPSA) is 414 Å². The maximum Gasteiger partial charge on any atom is 0.263 e. The molecule has 732 valence electrons. The molecule has 8 aromatic carbocycles. The number of aromatic amines is 4. The van der Waals surface area contributed by atoms with Crippen molar-refractivity contribution in [3.05, 3.63) is 370 Å². The van der Waals surface area contributed by atoms with Crippen LogP contribution >= 0.6 is 38.6 Å². The largest absolute Gasteiger partial charge is 0.361 e. The Kier molecular flexibility index (Phi) is 28.4. The molecule has 9 N–H and O–H groups in total. The molecule has 0 bridgehead atoms. The summed E-state index contributed by atoms with van der Waals surface area (Å²) in [6.07, 6.45) is 17.9. The molecule has 0 spiro atoms. The zero-order chi connectivity index (χ0) is 99.1. The van der Waals surface area contributed by atoms with Crippen LogP contribution in [0.15, 0.2) is 281 Å². The van der Waals surface area contributed by atoms with Crippen LogP contribution in [0.25, 0.3) is 121 Å². The molecule has 22 aromatic rings. The summed E-state index contributed by atoms with van der Waals surface area (Å²) in [6, 6.07) is 62.9. The van der Waals surface area contributed by atoms with Gasteiger partial charge in [0.05, 0.1) is 93.0 Å². The van der Waals surface area contributed by atoms with Crippen molar-refractivity contribution in [3.8, 4) is 11.4 Å². The molecule has 5 atom stereocenters. The number of pyridine rings is 5. The van der Waals surface area contributed by atoms with Crippen molar-refractivity contribution < 1.29 is 4.39 Å². The Morgan fingerprint density at radius 3 is 1.05 bits per heavy atom. The first kappa shape index (κ1) is 98.5. The van der Waals surface area contributed by atoms with Crippen LogP contribution in [-0.4, -0.2) is 113 Å². The van der Waals surface area contributed by atoms with E-state index in [0.717, 1.165) is 158 Å². The summed E-state index contributed by atoms with van der Waals surface area (Å²) in [4.78, 5) is 139. The molecule has 0 saturated heterocycles. The lowest BCUT2D eigenvalue weighted by Crippen LogP contribution is -2.28. The van der Waals surface area contributed by atoms with Crippen molar-refractivity contribution in [1.29, 1.82) is 0 Å². The van der Waals surface area contributed by atoms with E-state index in [0.29, 0.717) is 78.9 Å². The molecule has 37 heteroatoms. The second-order valence-corrected chi connectivity index (χ2v) is 36.7. The Hall–Kier alpha value is -16.7. The van der Waals surface area contributed by atoms with E-state index < -0.39 is 0 Å². The number of para-hydroxylation sites is 2. The summed E-state index contributed by atoms with van der Waals surface area (Å²) in [5.74, 6) is 2.98. The highest BCUT2D eigenvalue weighted by Gasteiger charge is 2.33. The molecular weight excluding hydrogens is 1890 g/mol. The van der Waals surface area contributed by atoms with Gasteiger partial charge in [0, 0.05) is 63.4 Å². The highest BCUT2D eigenvalue weighted by molar-refractivity contribution is 7.59. The lowest BCUT2D eigenvalue weighted by Gasteiger charge is -2.23. The first-order valence-corrected chi connectivity index (χ1v) is 47.6. The van der Waals surface area contributed by atoms with Gasteiger partial charge in [-0.2, -0.15) is 27.0 Å². The third-order valence-corrected chi connectivity index (χ3v) is 26.4. The van der Waals surface area contributed by atoms with Gasteiger partial charge in [0.15, 0.2) is 45.9 Å². The molecule has 0 radical (unpaired) electrons. The standard InChI is InChI=1S/C26H22N4O.C23H19FN6O.C20H20N6O.C20H22N6O.C19H17ClN6O.2H2S/c1-17-9-8-10-19-15-23(30(26(31)24(17)19)20-11-4-3-5-12-20)18(2)29-25-21-13-6-7-14-22(21)27-16-28-25;1-13-4-3-5-15-10-18(14(2)29-22-20-21(26-11-25-20)27-12-28-22)30(23(31)19(13)15)17-8-6-16(24)7-9-17;1-11-4-3-5-13-8-15(26(14-6-7-14)20(27)16(11)13)12(2)25-19-17-18(22-9-21-17)23-10-24-19;1-11(2)26-15(8-14-7-5-6-12(3)16(14)20(26)27)13(4)25-19-17-18(22-9-21-17)23-10-24-19;1-10(25-18-16-17(22-8-21-16)23-9-24-18)14-7-11-3-2-4-13(20)15(11)19(27)26(14)12-5-6-12;;/h3-16,18H,1-2H3,(H,27,28,29);3-12,14H,1-2H3,(H2,25,26,27,28,29);3-5,8-10,12,14H,6-7H2,1-2H3,(H2,21,22,23,24,25);5-11,13H,1-4H3,(H2,21,22,23,24,25);2-4,7-10,12H,5-6H2,1H3,(H2,21,22,23,24,25);2*1H2/t18-;14-;12-;13-;10-;;/m00000../s1. The van der Waals surface area contributed by atoms with Gasteiger partial charge in [0.2, 0.25) is 0 Å². The van der Waals surface area contributed by atoms with Gasteiger partial charge < -0.3 is 60.2 Å². The summed E-state index contributed by atoms with van der Waals surface area (Å²) in [7, 11) is 0. The quantitative estimate of drug-likeness (QED) is 0.0342. The monoisotopic (exact) mass is 1990 g/mol. The van der Waals surface area contributed by atoms with Crippen molar-refractivity contribution in [2.75, 3.05) is 26.6 Å². The van der Waals surface area contributed by atoms with Gasteiger partial charge in [-0.25, -0.2) is 74.2 Å². The minimum atomic E-state index is -0.357. The predicted octanol–water partition coefficient (Wildman–Crippen LogP) is 21.0. The van der Waals surface area contributed by atoms with Gasteiger partial charge in [-0.1, -0.05) is 127 Å². The normalized spacial score (nSPS) is 13.3. The van der Waals surface area contributed by atoms with E-state index in [1.807, 2.05) is 235 Å². The summed E-state index contributed by atoms with van der Waals surface area (Å²) in [5.41, 5.74) is 15.9. The zero-order valence-corrected chi connectivity index (χ0v) is 83.7. The molecule has 33 nitrogen and oxygen atoms in total. The Bertz CT molecular complexity index is 8520. The summed E-state index contributed by atoms with van der Waals surface area (Å²) < 4.78 is 22.7. The first-order valence-electron chi connectivity index (χ1n) is 47.2. The van der Waals surface area contributed by atoms with Crippen LogP contribution in [0.4, 0.5) is 33.5 Å². The fourth-order valence-electron chi connectivity index (χ4n) is 18.9. The van der Waals surface area contributed by atoms with Crippen molar-refractivity contribution in [1.82, 2.24) is 113 Å². The van der Waals surface area contributed by atoms with Gasteiger partial charge in [-0.15, -0.1) is 0 Å². The van der Waals surface area contributed by atoms with E-state index in [1.165, 1.54) is 37.4 Å². The van der Waals surface area contributed by atoms with Crippen LogP contribution in [0.1, 0.15) is 173 Å². The van der Waals surface area contributed by atoms with Crippen molar-refractivity contribution in [2.45, 2.75) is 150 Å². The van der Waals surface area contributed by atoms with E-state index in [1.54, 1.807) is 59.0 Å². The fourth-order valence-corrected chi connectivity index (χ4v) is 19.2. The third kappa shape index (κ3) is 19.7. The van der Waals surface area contributed by atoms with E-state index in [-0.39, 0.29) is 103 Å². The first-order chi connectivity index (χ1) is 69.4. The molecule has 2 fully saturated rings. The van der Waals surface area contributed by atoms with Crippen molar-refractivity contribution in [3.63, 3.8) is 0 Å². The average molecular weight is 1990 g/mol. The number of anilines is 5. The molecule has 2 saturated carbocycles. The van der Waals surface area contributed by atoms with Crippen molar-refractivity contribution in [2.24, 2.45) is 0 Å². The van der Waals surface area contributed by atoms with Crippen LogP contribution < -0.4 is 54.4 Å². The maximum absolute atomic E-state index is 13.6. The van der Waals surface area contributed by atoms with Crippen molar-refractivity contribution >= 4 is 177 Å². The average Bonchev–Trinajstić information content (AvgIpc) is 1.74. The molecule has 0 unspecified atom stereocenters. The Labute approximate surface area is 847 Å². The van der Waals surface area contributed by atoms with Crippen LogP contribution in [0.2, 0.25) is 5.02 Å². The third-order valence-electron chi connectivity index (χ3n) is 26.1. The number of H-pyrrole nitrogens is 4. The molecule has 0 amide bonds. The second kappa shape index (κ2) is 41.8. The van der Waals surface area contributed by atoms with Gasteiger partial charge in [-0.3, -0.25) is 33.1 Å². The molecule has 24 rings (SSSR count). The number of nitrogens with one attached hydrogen (secondary N) is 9. The van der Waals surface area contributed by atoms with E-state index >= 15 is 0 Å².